The summed E-state index contributed by atoms with van der Waals surface area (Å²) in [6.07, 6.45) is 2.50. The van der Waals surface area contributed by atoms with Crippen molar-refractivity contribution in [2.45, 2.75) is 39.7 Å². The van der Waals surface area contributed by atoms with Crippen molar-refractivity contribution < 1.29 is 4.74 Å². The molecule has 0 saturated carbocycles. The molecular formula is C23H41N5O. The molecule has 1 aromatic carbocycles. The summed E-state index contributed by atoms with van der Waals surface area (Å²) in [5.74, 6) is 0.854. The average molecular weight is 404 g/mol. The Bertz CT molecular complexity index is 591. The second-order valence-electron chi connectivity index (χ2n) is 8.84. The zero-order chi connectivity index (χ0) is 21.1. The van der Waals surface area contributed by atoms with Crippen molar-refractivity contribution in [2.24, 2.45) is 10.4 Å². The van der Waals surface area contributed by atoms with Crippen LogP contribution in [-0.4, -0.2) is 76.9 Å². The number of hydrogen-bond acceptors (Lipinski definition) is 4. The van der Waals surface area contributed by atoms with E-state index in [1.165, 1.54) is 18.7 Å². The Hall–Kier alpha value is -1.79. The predicted molar refractivity (Wildman–Crippen MR) is 124 cm³/mol. The summed E-state index contributed by atoms with van der Waals surface area (Å²) in [4.78, 5) is 9.39. The molecule has 1 heterocycles. The third-order valence-corrected chi connectivity index (χ3v) is 5.62. The fourth-order valence-electron chi connectivity index (χ4n) is 3.69. The minimum Gasteiger partial charge on any atom is -0.379 e. The summed E-state index contributed by atoms with van der Waals surface area (Å²) < 4.78 is 5.60. The van der Waals surface area contributed by atoms with Gasteiger partial charge in [0.15, 0.2) is 5.96 Å². The molecule has 2 rings (SSSR count). The van der Waals surface area contributed by atoms with E-state index in [4.69, 9.17) is 4.74 Å². The SMILES string of the molecule is CN=C(NCCCCN1CCN(c2ccccc2)CC1)NCC(OC)C(C)(C)C. The molecule has 0 amide bonds. The molecule has 6 heteroatoms. The van der Waals surface area contributed by atoms with E-state index in [1.807, 2.05) is 7.05 Å². The minimum absolute atomic E-state index is 0.102. The number of benzene rings is 1. The first-order valence-corrected chi connectivity index (χ1v) is 10.9. The molecule has 164 valence electrons. The van der Waals surface area contributed by atoms with Crippen LogP contribution in [0.15, 0.2) is 35.3 Å². The van der Waals surface area contributed by atoms with Gasteiger partial charge in [0, 0.05) is 59.1 Å². The first kappa shape index (κ1) is 23.5. The molecule has 29 heavy (non-hydrogen) atoms. The van der Waals surface area contributed by atoms with Crippen LogP contribution in [0.4, 0.5) is 5.69 Å². The molecule has 1 aromatic rings. The molecule has 1 atom stereocenters. The number of ether oxygens (including phenoxy) is 1. The Kier molecular flexibility index (Phi) is 9.74. The third kappa shape index (κ3) is 8.23. The lowest BCUT2D eigenvalue weighted by molar-refractivity contribution is 0.0205. The lowest BCUT2D eigenvalue weighted by Crippen LogP contribution is -2.47. The number of piperazine rings is 1. The number of nitrogens with zero attached hydrogens (tertiary/aromatic N) is 3. The van der Waals surface area contributed by atoms with Gasteiger partial charge in [0.1, 0.15) is 0 Å². The second-order valence-corrected chi connectivity index (χ2v) is 8.84. The normalized spacial score (nSPS) is 17.3. The van der Waals surface area contributed by atoms with Crippen LogP contribution in [0, 0.1) is 5.41 Å². The Morgan fingerprint density at radius 2 is 1.76 bits per heavy atom. The van der Waals surface area contributed by atoms with E-state index in [0.717, 1.165) is 51.6 Å². The molecule has 1 aliphatic heterocycles. The van der Waals surface area contributed by atoms with Crippen LogP contribution in [0.2, 0.25) is 0 Å². The van der Waals surface area contributed by atoms with E-state index < -0.39 is 0 Å². The average Bonchev–Trinajstić information content (AvgIpc) is 2.72. The number of aliphatic imine (C=N–C) groups is 1. The van der Waals surface area contributed by atoms with Crippen LogP contribution in [0.25, 0.3) is 0 Å². The third-order valence-electron chi connectivity index (χ3n) is 5.62. The number of rotatable bonds is 9. The molecule has 0 bridgehead atoms. The van der Waals surface area contributed by atoms with E-state index >= 15 is 0 Å². The number of hydrogen-bond donors (Lipinski definition) is 2. The molecule has 0 spiro atoms. The van der Waals surface area contributed by atoms with Crippen molar-refractivity contribution >= 4 is 11.6 Å². The summed E-state index contributed by atoms with van der Waals surface area (Å²) in [5, 5.41) is 6.81. The number of unbranched alkanes of at least 4 members (excludes halogenated alkanes) is 1. The summed E-state index contributed by atoms with van der Waals surface area (Å²) in [7, 11) is 3.59. The fourth-order valence-corrected chi connectivity index (χ4v) is 3.69. The molecular weight excluding hydrogens is 362 g/mol. The number of guanidine groups is 1. The highest BCUT2D eigenvalue weighted by Gasteiger charge is 2.24. The Morgan fingerprint density at radius 3 is 2.34 bits per heavy atom. The van der Waals surface area contributed by atoms with E-state index in [-0.39, 0.29) is 11.5 Å². The van der Waals surface area contributed by atoms with Gasteiger partial charge in [-0.25, -0.2) is 0 Å². The maximum Gasteiger partial charge on any atom is 0.191 e. The monoisotopic (exact) mass is 403 g/mol. The molecule has 1 saturated heterocycles. The molecule has 1 fully saturated rings. The smallest absolute Gasteiger partial charge is 0.191 e. The lowest BCUT2D eigenvalue weighted by atomic mass is 9.89. The zero-order valence-corrected chi connectivity index (χ0v) is 19.1. The van der Waals surface area contributed by atoms with Gasteiger partial charge in [-0.05, 0) is 36.9 Å². The van der Waals surface area contributed by atoms with Crippen molar-refractivity contribution in [3.8, 4) is 0 Å². The van der Waals surface area contributed by atoms with E-state index in [2.05, 4.69) is 76.5 Å². The van der Waals surface area contributed by atoms with Gasteiger partial charge >= 0.3 is 0 Å². The van der Waals surface area contributed by atoms with Crippen molar-refractivity contribution in [2.75, 3.05) is 64.9 Å². The molecule has 2 N–H and O–H groups in total. The summed E-state index contributed by atoms with van der Waals surface area (Å²) in [6, 6.07) is 10.7. The minimum atomic E-state index is 0.102. The highest BCUT2D eigenvalue weighted by atomic mass is 16.5. The summed E-state index contributed by atoms with van der Waals surface area (Å²) in [6.45, 7) is 14.0. The highest BCUT2D eigenvalue weighted by molar-refractivity contribution is 5.79. The van der Waals surface area contributed by atoms with E-state index in [1.54, 1.807) is 7.11 Å². The zero-order valence-electron chi connectivity index (χ0n) is 19.1. The lowest BCUT2D eigenvalue weighted by Gasteiger charge is -2.36. The Morgan fingerprint density at radius 1 is 1.07 bits per heavy atom. The van der Waals surface area contributed by atoms with Crippen molar-refractivity contribution in [1.29, 1.82) is 0 Å². The van der Waals surface area contributed by atoms with Gasteiger partial charge in [0.2, 0.25) is 0 Å². The molecule has 1 aliphatic rings. The fraction of sp³-hybridized carbons (Fsp3) is 0.696. The topological polar surface area (TPSA) is 52.1 Å². The number of methoxy groups -OCH3 is 1. The van der Waals surface area contributed by atoms with Crippen LogP contribution < -0.4 is 15.5 Å². The van der Waals surface area contributed by atoms with Gasteiger partial charge in [-0.2, -0.15) is 0 Å². The molecule has 0 aromatic heterocycles. The van der Waals surface area contributed by atoms with Gasteiger partial charge in [0.05, 0.1) is 6.10 Å². The largest absolute Gasteiger partial charge is 0.379 e. The molecule has 6 nitrogen and oxygen atoms in total. The van der Waals surface area contributed by atoms with Gasteiger partial charge < -0.3 is 20.3 Å². The Labute approximate surface area is 177 Å². The van der Waals surface area contributed by atoms with Crippen molar-refractivity contribution in [3.63, 3.8) is 0 Å². The van der Waals surface area contributed by atoms with Crippen LogP contribution in [0.5, 0.6) is 0 Å². The van der Waals surface area contributed by atoms with Gasteiger partial charge in [-0.3, -0.25) is 9.89 Å². The van der Waals surface area contributed by atoms with Gasteiger partial charge in [-0.15, -0.1) is 0 Å². The molecule has 0 radical (unpaired) electrons. The molecule has 0 aliphatic carbocycles. The number of anilines is 1. The van der Waals surface area contributed by atoms with Crippen molar-refractivity contribution in [1.82, 2.24) is 15.5 Å². The van der Waals surface area contributed by atoms with E-state index in [0.29, 0.717) is 0 Å². The predicted octanol–water partition coefficient (Wildman–Crippen LogP) is 2.81. The maximum atomic E-state index is 5.60. The van der Waals surface area contributed by atoms with Gasteiger partial charge in [-0.1, -0.05) is 39.0 Å². The first-order valence-electron chi connectivity index (χ1n) is 10.9. The number of para-hydroxylation sites is 1. The van der Waals surface area contributed by atoms with Crippen LogP contribution in [0.1, 0.15) is 33.6 Å². The quantitative estimate of drug-likeness (QED) is 0.377. The maximum absolute atomic E-state index is 5.60. The second kappa shape index (κ2) is 12.0. The standard InChI is InChI=1S/C23H41N5O/c1-23(2,3)21(29-5)19-26-22(24-4)25-13-9-10-14-27-15-17-28(18-16-27)20-11-7-6-8-12-20/h6-8,11-12,21H,9-10,13-19H2,1-5H3,(H2,24,25,26). The Balaban J connectivity index is 1.57. The van der Waals surface area contributed by atoms with Crippen LogP contribution >= 0.6 is 0 Å². The summed E-state index contributed by atoms with van der Waals surface area (Å²) in [5.41, 5.74) is 1.45. The van der Waals surface area contributed by atoms with Crippen LogP contribution in [-0.2, 0) is 4.74 Å². The summed E-state index contributed by atoms with van der Waals surface area (Å²) >= 11 is 0. The first-order chi connectivity index (χ1) is 13.9. The van der Waals surface area contributed by atoms with Gasteiger partial charge in [0.25, 0.3) is 0 Å². The number of nitrogens with one attached hydrogen (secondary N) is 2. The van der Waals surface area contributed by atoms with Crippen molar-refractivity contribution in [3.05, 3.63) is 30.3 Å². The van der Waals surface area contributed by atoms with E-state index in [9.17, 15) is 0 Å². The van der Waals surface area contributed by atoms with Crippen LogP contribution in [0.3, 0.4) is 0 Å². The molecule has 1 unspecified atom stereocenters. The highest BCUT2D eigenvalue weighted by Crippen LogP contribution is 2.21.